The topological polar surface area (TPSA) is 38.3 Å². The predicted octanol–water partition coefficient (Wildman–Crippen LogP) is 2.11. The summed E-state index contributed by atoms with van der Waals surface area (Å²) >= 11 is 0. The summed E-state index contributed by atoms with van der Waals surface area (Å²) in [6.07, 6.45) is 4.24. The van der Waals surface area contributed by atoms with Gasteiger partial charge in [0.1, 0.15) is 0 Å². The standard InChI is InChI=1S/C12H23NO2/c1-12(2,3)9-11(14)13-7-6-10-5-4-8-15-10/h10H,4-9H2,1-3H3,(H,13,14). The van der Waals surface area contributed by atoms with Crippen molar-refractivity contribution in [1.29, 1.82) is 0 Å². The number of carbonyl (C=O) groups is 1. The van der Waals surface area contributed by atoms with E-state index in [-0.39, 0.29) is 11.3 Å². The van der Waals surface area contributed by atoms with E-state index in [1.165, 1.54) is 6.42 Å². The molecular formula is C12H23NO2. The van der Waals surface area contributed by atoms with E-state index < -0.39 is 0 Å². The molecule has 0 aromatic carbocycles. The summed E-state index contributed by atoms with van der Waals surface area (Å²) in [6.45, 7) is 7.87. The first-order valence-corrected chi connectivity index (χ1v) is 5.86. The van der Waals surface area contributed by atoms with Crippen LogP contribution in [0.2, 0.25) is 0 Å². The van der Waals surface area contributed by atoms with Gasteiger partial charge in [0, 0.05) is 19.6 Å². The molecule has 15 heavy (non-hydrogen) atoms. The van der Waals surface area contributed by atoms with Gasteiger partial charge in [-0.2, -0.15) is 0 Å². The Labute approximate surface area is 92.6 Å². The number of amides is 1. The van der Waals surface area contributed by atoms with Crippen LogP contribution in [0.5, 0.6) is 0 Å². The van der Waals surface area contributed by atoms with E-state index in [1.807, 2.05) is 0 Å². The number of carbonyl (C=O) groups excluding carboxylic acids is 1. The van der Waals surface area contributed by atoms with Gasteiger partial charge in [0.05, 0.1) is 6.10 Å². The second-order valence-corrected chi connectivity index (χ2v) is 5.51. The van der Waals surface area contributed by atoms with Gasteiger partial charge in [-0.1, -0.05) is 20.8 Å². The molecule has 1 atom stereocenters. The van der Waals surface area contributed by atoms with Crippen molar-refractivity contribution in [2.45, 2.75) is 52.6 Å². The Bertz CT molecular complexity index is 202. The third kappa shape index (κ3) is 5.78. The molecule has 88 valence electrons. The van der Waals surface area contributed by atoms with E-state index in [0.717, 1.165) is 26.0 Å². The average molecular weight is 213 g/mol. The van der Waals surface area contributed by atoms with Crippen LogP contribution in [0.1, 0.15) is 46.5 Å². The highest BCUT2D eigenvalue weighted by molar-refractivity contribution is 5.76. The smallest absolute Gasteiger partial charge is 0.220 e. The molecule has 0 saturated carbocycles. The SMILES string of the molecule is CC(C)(C)CC(=O)NCCC1CCCO1. The zero-order valence-electron chi connectivity index (χ0n) is 10.1. The molecule has 1 aliphatic heterocycles. The van der Waals surface area contributed by atoms with Crippen LogP contribution >= 0.6 is 0 Å². The van der Waals surface area contributed by atoms with Gasteiger partial charge >= 0.3 is 0 Å². The van der Waals surface area contributed by atoms with Gasteiger partial charge in [-0.15, -0.1) is 0 Å². The number of hydrogen-bond acceptors (Lipinski definition) is 2. The lowest BCUT2D eigenvalue weighted by Crippen LogP contribution is -2.30. The van der Waals surface area contributed by atoms with Crippen LogP contribution in [0.25, 0.3) is 0 Å². The predicted molar refractivity (Wildman–Crippen MR) is 60.7 cm³/mol. The average Bonchev–Trinajstić information content (AvgIpc) is 2.53. The van der Waals surface area contributed by atoms with E-state index in [2.05, 4.69) is 26.1 Å². The van der Waals surface area contributed by atoms with Gasteiger partial charge in [-0.25, -0.2) is 0 Å². The molecule has 1 heterocycles. The van der Waals surface area contributed by atoms with Gasteiger partial charge in [0.25, 0.3) is 0 Å². The molecule has 1 N–H and O–H groups in total. The molecule has 1 unspecified atom stereocenters. The summed E-state index contributed by atoms with van der Waals surface area (Å²) in [5, 5.41) is 2.95. The van der Waals surface area contributed by atoms with Crippen molar-refractivity contribution in [1.82, 2.24) is 5.32 Å². The van der Waals surface area contributed by atoms with Crippen molar-refractivity contribution in [3.8, 4) is 0 Å². The number of rotatable bonds is 4. The zero-order chi connectivity index (χ0) is 11.3. The molecule has 3 heteroatoms. The first-order valence-electron chi connectivity index (χ1n) is 5.86. The maximum atomic E-state index is 11.5. The summed E-state index contributed by atoms with van der Waals surface area (Å²) in [7, 11) is 0. The Morgan fingerprint density at radius 2 is 2.20 bits per heavy atom. The van der Waals surface area contributed by atoms with E-state index in [9.17, 15) is 4.79 Å². The van der Waals surface area contributed by atoms with Crippen LogP contribution < -0.4 is 5.32 Å². The molecule has 0 bridgehead atoms. The molecule has 1 amide bonds. The van der Waals surface area contributed by atoms with Gasteiger partial charge in [0.2, 0.25) is 5.91 Å². The van der Waals surface area contributed by atoms with Crippen LogP contribution in [0.4, 0.5) is 0 Å². The summed E-state index contributed by atoms with van der Waals surface area (Å²) in [6, 6.07) is 0. The Kier molecular flexibility index (Phi) is 4.58. The van der Waals surface area contributed by atoms with E-state index in [4.69, 9.17) is 4.74 Å². The first kappa shape index (κ1) is 12.5. The molecule has 1 fully saturated rings. The molecule has 1 saturated heterocycles. The fourth-order valence-electron chi connectivity index (χ4n) is 1.79. The number of ether oxygens (including phenoxy) is 1. The van der Waals surface area contributed by atoms with E-state index in [0.29, 0.717) is 12.5 Å². The maximum Gasteiger partial charge on any atom is 0.220 e. The minimum atomic E-state index is 0.0773. The fraction of sp³-hybridized carbons (Fsp3) is 0.917. The van der Waals surface area contributed by atoms with E-state index in [1.54, 1.807) is 0 Å². The Morgan fingerprint density at radius 3 is 2.73 bits per heavy atom. The molecule has 0 aliphatic carbocycles. The molecule has 1 rings (SSSR count). The Balaban J connectivity index is 2.06. The molecule has 0 aromatic rings. The van der Waals surface area contributed by atoms with Crippen LogP contribution in [0.3, 0.4) is 0 Å². The van der Waals surface area contributed by atoms with E-state index >= 15 is 0 Å². The lowest BCUT2D eigenvalue weighted by atomic mass is 9.92. The van der Waals surface area contributed by atoms with Crippen molar-refractivity contribution in [3.63, 3.8) is 0 Å². The first-order chi connectivity index (χ1) is 6.97. The third-order valence-electron chi connectivity index (χ3n) is 2.50. The quantitative estimate of drug-likeness (QED) is 0.776. The third-order valence-corrected chi connectivity index (χ3v) is 2.50. The van der Waals surface area contributed by atoms with Crippen LogP contribution in [0.15, 0.2) is 0 Å². The van der Waals surface area contributed by atoms with Crippen molar-refractivity contribution in [2.24, 2.45) is 5.41 Å². The Morgan fingerprint density at radius 1 is 1.47 bits per heavy atom. The minimum Gasteiger partial charge on any atom is -0.378 e. The second-order valence-electron chi connectivity index (χ2n) is 5.51. The highest BCUT2D eigenvalue weighted by Gasteiger charge is 2.17. The lowest BCUT2D eigenvalue weighted by molar-refractivity contribution is -0.122. The van der Waals surface area contributed by atoms with Crippen molar-refractivity contribution in [3.05, 3.63) is 0 Å². The second kappa shape index (κ2) is 5.50. The number of nitrogens with one attached hydrogen (secondary N) is 1. The normalized spacial score (nSPS) is 21.7. The molecular weight excluding hydrogens is 190 g/mol. The van der Waals surface area contributed by atoms with Crippen molar-refractivity contribution >= 4 is 5.91 Å². The maximum absolute atomic E-state index is 11.5. The summed E-state index contributed by atoms with van der Waals surface area (Å²) < 4.78 is 5.48. The van der Waals surface area contributed by atoms with Gasteiger partial charge in [-0.05, 0) is 24.7 Å². The largest absolute Gasteiger partial charge is 0.378 e. The minimum absolute atomic E-state index is 0.0773. The highest BCUT2D eigenvalue weighted by atomic mass is 16.5. The zero-order valence-corrected chi connectivity index (χ0v) is 10.1. The van der Waals surface area contributed by atoms with Crippen molar-refractivity contribution < 1.29 is 9.53 Å². The number of hydrogen-bond donors (Lipinski definition) is 1. The highest BCUT2D eigenvalue weighted by Crippen LogP contribution is 2.18. The van der Waals surface area contributed by atoms with Crippen LogP contribution in [-0.4, -0.2) is 25.2 Å². The monoisotopic (exact) mass is 213 g/mol. The van der Waals surface area contributed by atoms with Gasteiger partial charge < -0.3 is 10.1 Å². The fourth-order valence-corrected chi connectivity index (χ4v) is 1.79. The molecule has 0 aromatic heterocycles. The molecule has 1 aliphatic rings. The molecule has 0 spiro atoms. The van der Waals surface area contributed by atoms with Crippen molar-refractivity contribution in [2.75, 3.05) is 13.2 Å². The molecule has 3 nitrogen and oxygen atoms in total. The van der Waals surface area contributed by atoms with Gasteiger partial charge in [-0.3, -0.25) is 4.79 Å². The molecule has 0 radical (unpaired) electrons. The summed E-state index contributed by atoms with van der Waals surface area (Å²) in [5.74, 6) is 0.153. The lowest BCUT2D eigenvalue weighted by Gasteiger charge is -2.17. The van der Waals surface area contributed by atoms with Crippen LogP contribution in [0, 0.1) is 5.41 Å². The summed E-state index contributed by atoms with van der Waals surface area (Å²) in [4.78, 5) is 11.5. The van der Waals surface area contributed by atoms with Crippen LogP contribution in [-0.2, 0) is 9.53 Å². The Hall–Kier alpha value is -0.570. The van der Waals surface area contributed by atoms with Gasteiger partial charge in [0.15, 0.2) is 0 Å². The summed E-state index contributed by atoms with van der Waals surface area (Å²) in [5.41, 5.74) is 0.0773.